The fourth-order valence-electron chi connectivity index (χ4n) is 2.33. The summed E-state index contributed by atoms with van der Waals surface area (Å²) in [6, 6.07) is 3.78. The number of hydrogen-bond acceptors (Lipinski definition) is 5. The number of pyridine rings is 1. The summed E-state index contributed by atoms with van der Waals surface area (Å²) in [5, 5.41) is 27.5. The highest BCUT2D eigenvalue weighted by Crippen LogP contribution is 2.27. The zero-order chi connectivity index (χ0) is 24.8. The number of nitrogens with zero attached hydrogens (tertiary/aromatic N) is 2. The Bertz CT molecular complexity index is 1030. The number of alkyl halides is 3. The van der Waals surface area contributed by atoms with Crippen LogP contribution in [0.2, 0.25) is 0 Å². The van der Waals surface area contributed by atoms with Gasteiger partial charge < -0.3 is 21.3 Å². The molecular formula is C18H19ClF3N5O5. The Morgan fingerprint density at radius 1 is 1.22 bits per heavy atom. The van der Waals surface area contributed by atoms with E-state index in [0.717, 1.165) is 4.42 Å². The van der Waals surface area contributed by atoms with E-state index >= 15 is 0 Å². The Hall–Kier alpha value is -3.61. The van der Waals surface area contributed by atoms with Crippen molar-refractivity contribution in [2.24, 2.45) is 11.7 Å². The molecule has 0 saturated carbocycles. The van der Waals surface area contributed by atoms with Crippen molar-refractivity contribution in [3.05, 3.63) is 36.2 Å². The Morgan fingerprint density at radius 3 is 2.22 bits per heavy atom. The molecule has 1 aromatic carbocycles. The van der Waals surface area contributed by atoms with Gasteiger partial charge in [0.15, 0.2) is 0 Å². The fraction of sp³-hybridized carbons (Fsp3) is 0.278. The standard InChI is InChI=1S/C16H18ClN5O3.C2HF3O2/c1-8(2)13(15(24)25)21-14(23)9-3-4-11-10(5-9)6-20-7-12(11)22(17)16(18)19;3-2(4,5)1(6)7/h3-8,13H,1-2H3,(H3,18,19)(H,21,23)(H,24,25);(H,6,7)/t13-;/m0./s1. The average Bonchev–Trinajstić information content (AvgIpc) is 2.69. The Morgan fingerprint density at radius 2 is 1.78 bits per heavy atom. The van der Waals surface area contributed by atoms with Gasteiger partial charge in [0.2, 0.25) is 5.96 Å². The van der Waals surface area contributed by atoms with Gasteiger partial charge in [0, 0.05) is 34.3 Å². The quantitative estimate of drug-likeness (QED) is 0.248. The van der Waals surface area contributed by atoms with Crippen molar-refractivity contribution in [3.63, 3.8) is 0 Å². The second-order valence-electron chi connectivity index (χ2n) is 6.60. The van der Waals surface area contributed by atoms with Crippen LogP contribution in [-0.2, 0) is 9.59 Å². The lowest BCUT2D eigenvalue weighted by atomic mass is 10.0. The lowest BCUT2D eigenvalue weighted by Gasteiger charge is -2.18. The summed E-state index contributed by atoms with van der Waals surface area (Å²) in [4.78, 5) is 36.5. The summed E-state index contributed by atoms with van der Waals surface area (Å²) < 4.78 is 32.7. The number of fused-ring (bicyclic) bond motifs is 1. The van der Waals surface area contributed by atoms with E-state index in [1.54, 1.807) is 32.0 Å². The molecule has 0 saturated heterocycles. The Balaban J connectivity index is 0.000000633. The monoisotopic (exact) mass is 477 g/mol. The van der Waals surface area contributed by atoms with Gasteiger partial charge in [-0.3, -0.25) is 15.2 Å². The molecule has 1 aromatic heterocycles. The molecule has 0 spiro atoms. The molecule has 2 rings (SSSR count). The van der Waals surface area contributed by atoms with E-state index < -0.39 is 30.1 Å². The molecule has 0 bridgehead atoms. The number of rotatable bonds is 5. The number of nitrogens with two attached hydrogens (primary N) is 1. The molecule has 0 radical (unpaired) electrons. The van der Waals surface area contributed by atoms with Gasteiger partial charge in [-0.1, -0.05) is 19.9 Å². The van der Waals surface area contributed by atoms with Crippen LogP contribution in [0.3, 0.4) is 0 Å². The van der Waals surface area contributed by atoms with E-state index in [1.807, 2.05) is 0 Å². The molecule has 0 aliphatic carbocycles. The van der Waals surface area contributed by atoms with Crippen molar-refractivity contribution in [2.45, 2.75) is 26.1 Å². The van der Waals surface area contributed by atoms with Crippen LogP contribution in [0.25, 0.3) is 10.8 Å². The number of carbonyl (C=O) groups excluding carboxylic acids is 1. The zero-order valence-electron chi connectivity index (χ0n) is 16.6. The first-order valence-corrected chi connectivity index (χ1v) is 9.02. The molecular weight excluding hydrogens is 459 g/mol. The van der Waals surface area contributed by atoms with Crippen LogP contribution in [0, 0.1) is 11.3 Å². The van der Waals surface area contributed by atoms with Crippen molar-refractivity contribution >= 4 is 52.0 Å². The van der Waals surface area contributed by atoms with Crippen molar-refractivity contribution in [3.8, 4) is 0 Å². The SMILES string of the molecule is CC(C)[C@H](NC(=O)c1ccc2c(N(Cl)C(=N)N)cncc2c1)C(=O)O.O=C(O)C(F)(F)F. The summed E-state index contributed by atoms with van der Waals surface area (Å²) in [5.41, 5.74) is 6.08. The van der Waals surface area contributed by atoms with Crippen LogP contribution in [0.4, 0.5) is 18.9 Å². The highest BCUT2D eigenvalue weighted by atomic mass is 35.5. The van der Waals surface area contributed by atoms with Crippen LogP contribution in [0.15, 0.2) is 30.6 Å². The largest absolute Gasteiger partial charge is 0.490 e. The molecule has 6 N–H and O–H groups in total. The Kier molecular flexibility index (Phi) is 8.77. The number of anilines is 1. The third-order valence-electron chi connectivity index (χ3n) is 3.88. The maximum absolute atomic E-state index is 12.3. The number of halogens is 4. The van der Waals surface area contributed by atoms with E-state index in [1.165, 1.54) is 12.4 Å². The lowest BCUT2D eigenvalue weighted by molar-refractivity contribution is -0.192. The maximum Gasteiger partial charge on any atom is 0.490 e. The van der Waals surface area contributed by atoms with E-state index in [9.17, 15) is 27.9 Å². The van der Waals surface area contributed by atoms with Crippen LogP contribution < -0.4 is 15.5 Å². The predicted molar refractivity (Wildman–Crippen MR) is 109 cm³/mol. The number of aliphatic carboxylic acids is 2. The molecule has 0 aliphatic heterocycles. The predicted octanol–water partition coefficient (Wildman–Crippen LogP) is 2.56. The maximum atomic E-state index is 12.3. The number of amides is 1. The average molecular weight is 478 g/mol. The first kappa shape index (κ1) is 26.4. The van der Waals surface area contributed by atoms with E-state index in [0.29, 0.717) is 22.0 Å². The number of carboxylic acid groups (broad SMARTS) is 2. The topological polar surface area (TPSA) is 170 Å². The van der Waals surface area contributed by atoms with E-state index in [2.05, 4.69) is 10.3 Å². The minimum atomic E-state index is -5.08. The molecule has 0 unspecified atom stereocenters. The van der Waals surface area contributed by atoms with E-state index in [4.69, 9.17) is 32.8 Å². The molecule has 2 aromatic rings. The van der Waals surface area contributed by atoms with Crippen molar-refractivity contribution < 1.29 is 37.8 Å². The molecule has 174 valence electrons. The molecule has 10 nitrogen and oxygen atoms in total. The summed E-state index contributed by atoms with van der Waals surface area (Å²) in [6.07, 6.45) is -2.09. The van der Waals surface area contributed by atoms with Gasteiger partial charge in [-0.05, 0) is 18.1 Å². The number of hydrogen-bond donors (Lipinski definition) is 5. The van der Waals surface area contributed by atoms with Crippen LogP contribution in [0.1, 0.15) is 24.2 Å². The molecule has 32 heavy (non-hydrogen) atoms. The Labute approximate surface area is 184 Å². The third-order valence-corrected chi connectivity index (χ3v) is 4.25. The first-order chi connectivity index (χ1) is 14.7. The van der Waals surface area contributed by atoms with Gasteiger partial charge in [0.05, 0.1) is 11.9 Å². The lowest BCUT2D eigenvalue weighted by Crippen LogP contribution is -2.44. The number of nitrogens with one attached hydrogen (secondary N) is 2. The first-order valence-electron chi connectivity index (χ1n) is 8.68. The van der Waals surface area contributed by atoms with Gasteiger partial charge in [-0.15, -0.1) is 0 Å². The number of benzene rings is 1. The molecule has 1 amide bonds. The van der Waals surface area contributed by atoms with Gasteiger partial charge in [0.25, 0.3) is 5.91 Å². The van der Waals surface area contributed by atoms with Crippen LogP contribution >= 0.6 is 11.8 Å². The molecule has 0 aliphatic rings. The summed E-state index contributed by atoms with van der Waals surface area (Å²) in [6.45, 7) is 3.43. The normalized spacial score (nSPS) is 11.8. The second kappa shape index (κ2) is 10.6. The summed E-state index contributed by atoms with van der Waals surface area (Å²) >= 11 is 5.96. The number of carboxylic acids is 2. The minimum absolute atomic E-state index is 0.254. The fourth-order valence-corrected chi connectivity index (χ4v) is 2.46. The van der Waals surface area contributed by atoms with E-state index in [-0.39, 0.29) is 11.9 Å². The van der Waals surface area contributed by atoms with Crippen molar-refractivity contribution in [1.29, 1.82) is 5.41 Å². The smallest absolute Gasteiger partial charge is 0.480 e. The van der Waals surface area contributed by atoms with Gasteiger partial charge >= 0.3 is 18.1 Å². The summed E-state index contributed by atoms with van der Waals surface area (Å²) in [7, 11) is 0. The van der Waals surface area contributed by atoms with Gasteiger partial charge in [-0.25, -0.2) is 14.0 Å². The number of carbonyl (C=O) groups is 3. The van der Waals surface area contributed by atoms with Crippen LogP contribution in [0.5, 0.6) is 0 Å². The van der Waals surface area contributed by atoms with Crippen molar-refractivity contribution in [1.82, 2.24) is 10.3 Å². The highest BCUT2D eigenvalue weighted by Gasteiger charge is 2.38. The minimum Gasteiger partial charge on any atom is -0.480 e. The van der Waals surface area contributed by atoms with Gasteiger partial charge in [0.1, 0.15) is 6.04 Å². The number of aromatic nitrogens is 1. The van der Waals surface area contributed by atoms with Gasteiger partial charge in [-0.2, -0.15) is 13.2 Å². The highest BCUT2D eigenvalue weighted by molar-refractivity contribution is 6.38. The second-order valence-corrected chi connectivity index (χ2v) is 6.93. The number of guanidine groups is 1. The molecule has 14 heteroatoms. The summed E-state index contributed by atoms with van der Waals surface area (Å²) in [5.74, 6) is -4.96. The zero-order valence-corrected chi connectivity index (χ0v) is 17.4. The molecule has 0 fully saturated rings. The molecule has 1 heterocycles. The van der Waals surface area contributed by atoms with Crippen molar-refractivity contribution in [2.75, 3.05) is 4.42 Å². The third kappa shape index (κ3) is 6.97. The van der Waals surface area contributed by atoms with Crippen LogP contribution in [-0.4, -0.2) is 51.2 Å². The molecule has 1 atom stereocenters.